The van der Waals surface area contributed by atoms with Crippen molar-refractivity contribution < 1.29 is 9.47 Å². The molecule has 2 aromatic heterocycles. The molecule has 0 saturated heterocycles. The summed E-state index contributed by atoms with van der Waals surface area (Å²) in [6, 6.07) is 19.1. The van der Waals surface area contributed by atoms with E-state index in [1.165, 1.54) is 0 Å². The number of hydrogen-bond acceptors (Lipinski definition) is 7. The van der Waals surface area contributed by atoms with Gasteiger partial charge in [-0.05, 0) is 48.0 Å². The van der Waals surface area contributed by atoms with Gasteiger partial charge in [0, 0.05) is 27.5 Å². The van der Waals surface area contributed by atoms with Crippen LogP contribution in [0.1, 0.15) is 11.1 Å². The molecular weight excluding hydrogens is 532 g/mol. The largest absolute Gasteiger partial charge is 0.493 e. The third-order valence-corrected chi connectivity index (χ3v) is 6.33. The molecule has 3 aromatic carbocycles. The first-order valence-electron chi connectivity index (χ1n) is 10.6. The van der Waals surface area contributed by atoms with E-state index in [0.717, 1.165) is 32.0 Å². The number of anilines is 1. The van der Waals surface area contributed by atoms with Crippen LogP contribution in [0.15, 0.2) is 70.2 Å². The smallest absolute Gasteiger partial charge is 0.265 e. The van der Waals surface area contributed by atoms with E-state index in [2.05, 4.69) is 41.6 Å². The Morgan fingerprint density at radius 2 is 1.94 bits per heavy atom. The fraction of sp³-hybridized carbons (Fsp3) is 0.120. The van der Waals surface area contributed by atoms with E-state index in [4.69, 9.17) is 21.1 Å². The molecule has 10 heteroatoms. The fourth-order valence-corrected chi connectivity index (χ4v) is 4.25. The lowest BCUT2D eigenvalue weighted by molar-refractivity contribution is 0.284. The number of hydrogen-bond donors (Lipinski definition) is 1. The monoisotopic (exact) mass is 550 g/mol. The van der Waals surface area contributed by atoms with Gasteiger partial charge in [-0.2, -0.15) is 10.1 Å². The Hall–Kier alpha value is -3.69. The number of fused-ring (bicyclic) bond motifs is 3. The minimum Gasteiger partial charge on any atom is -0.493 e. The minimum atomic E-state index is 0.297. The Bertz CT molecular complexity index is 1570. The predicted molar refractivity (Wildman–Crippen MR) is 142 cm³/mol. The molecule has 35 heavy (non-hydrogen) atoms. The van der Waals surface area contributed by atoms with E-state index in [1.807, 2.05) is 72.3 Å². The van der Waals surface area contributed by atoms with Gasteiger partial charge in [-0.1, -0.05) is 45.7 Å². The van der Waals surface area contributed by atoms with E-state index < -0.39 is 0 Å². The van der Waals surface area contributed by atoms with Crippen molar-refractivity contribution in [2.75, 3.05) is 12.5 Å². The Labute approximate surface area is 214 Å². The number of rotatable bonds is 7. The van der Waals surface area contributed by atoms with Crippen LogP contribution in [0.3, 0.4) is 0 Å². The van der Waals surface area contributed by atoms with Crippen molar-refractivity contribution in [3.8, 4) is 11.5 Å². The number of aryl methyl sites for hydroxylation is 1. The SMILES string of the molecule is COc1cc(/C=N/Nc2nnc3c4cc(Br)ccc4n(C)c3n2)ccc1OCc1ccccc1Cl. The lowest BCUT2D eigenvalue weighted by Gasteiger charge is -2.12. The molecule has 0 bridgehead atoms. The normalized spacial score (nSPS) is 11.4. The number of benzene rings is 3. The molecule has 1 N–H and O–H groups in total. The lowest BCUT2D eigenvalue weighted by atomic mass is 10.2. The van der Waals surface area contributed by atoms with Gasteiger partial charge in [-0.15, -0.1) is 10.2 Å². The highest BCUT2D eigenvalue weighted by Gasteiger charge is 2.13. The molecule has 0 aliphatic carbocycles. The summed E-state index contributed by atoms with van der Waals surface area (Å²) in [5, 5.41) is 14.4. The summed E-state index contributed by atoms with van der Waals surface area (Å²) in [6.45, 7) is 0.336. The molecule has 8 nitrogen and oxygen atoms in total. The van der Waals surface area contributed by atoms with E-state index in [0.29, 0.717) is 34.7 Å². The first-order chi connectivity index (χ1) is 17.0. The molecule has 0 aliphatic heterocycles. The molecule has 0 aliphatic rings. The van der Waals surface area contributed by atoms with Crippen LogP contribution < -0.4 is 14.9 Å². The van der Waals surface area contributed by atoms with Crippen LogP contribution in [0, 0.1) is 0 Å². The molecule has 176 valence electrons. The van der Waals surface area contributed by atoms with Crippen molar-refractivity contribution in [1.29, 1.82) is 0 Å². The number of methoxy groups -OCH3 is 1. The van der Waals surface area contributed by atoms with Gasteiger partial charge in [0.25, 0.3) is 5.95 Å². The number of nitrogens with zero attached hydrogens (tertiary/aromatic N) is 5. The highest BCUT2D eigenvalue weighted by molar-refractivity contribution is 9.10. The molecule has 5 aromatic rings. The average Bonchev–Trinajstić information content (AvgIpc) is 3.14. The van der Waals surface area contributed by atoms with Gasteiger partial charge in [0.2, 0.25) is 0 Å². The summed E-state index contributed by atoms with van der Waals surface area (Å²) in [6.07, 6.45) is 1.65. The van der Waals surface area contributed by atoms with Crippen LogP contribution in [-0.2, 0) is 13.7 Å². The standard InChI is InChI=1S/C25H20BrClN6O2/c1-33-20-9-8-17(26)12-18(20)23-24(33)29-25(32-30-23)31-28-13-15-7-10-21(22(11-15)34-2)35-14-16-5-3-4-6-19(16)27/h3-13H,14H2,1-2H3,(H,29,31,32)/b28-13+. The summed E-state index contributed by atoms with van der Waals surface area (Å²) in [5.74, 6) is 1.49. The van der Waals surface area contributed by atoms with Crippen LogP contribution in [0.5, 0.6) is 11.5 Å². The molecule has 0 fully saturated rings. The molecule has 0 atom stereocenters. The number of hydrazone groups is 1. The van der Waals surface area contributed by atoms with E-state index in [-0.39, 0.29) is 0 Å². The van der Waals surface area contributed by atoms with Gasteiger partial charge < -0.3 is 14.0 Å². The second-order valence-corrected chi connectivity index (χ2v) is 9.01. The summed E-state index contributed by atoms with van der Waals surface area (Å²) in [4.78, 5) is 4.57. The topological polar surface area (TPSA) is 86.5 Å². The van der Waals surface area contributed by atoms with E-state index >= 15 is 0 Å². The van der Waals surface area contributed by atoms with Gasteiger partial charge in [0.1, 0.15) is 12.1 Å². The van der Waals surface area contributed by atoms with Crippen molar-refractivity contribution in [2.45, 2.75) is 6.61 Å². The van der Waals surface area contributed by atoms with E-state index in [1.54, 1.807) is 13.3 Å². The third-order valence-electron chi connectivity index (χ3n) is 5.47. The average molecular weight is 552 g/mol. The predicted octanol–water partition coefficient (Wildman–Crippen LogP) is 5.97. The quantitative estimate of drug-likeness (QED) is 0.198. The highest BCUT2D eigenvalue weighted by atomic mass is 79.9. The zero-order chi connectivity index (χ0) is 24.4. The van der Waals surface area contributed by atoms with E-state index in [9.17, 15) is 0 Å². The Morgan fingerprint density at radius 1 is 1.09 bits per heavy atom. The number of aromatic nitrogens is 4. The van der Waals surface area contributed by atoms with Gasteiger partial charge in [-0.25, -0.2) is 5.43 Å². The molecular formula is C25H20BrClN6O2. The minimum absolute atomic E-state index is 0.297. The van der Waals surface area contributed by atoms with Crippen LogP contribution in [-0.4, -0.2) is 33.1 Å². The zero-order valence-electron chi connectivity index (χ0n) is 18.9. The molecule has 0 saturated carbocycles. The third kappa shape index (κ3) is 4.78. The Balaban J connectivity index is 1.31. The van der Waals surface area contributed by atoms with Crippen molar-refractivity contribution in [3.05, 3.63) is 81.3 Å². The maximum Gasteiger partial charge on any atom is 0.265 e. The fourth-order valence-electron chi connectivity index (χ4n) is 3.70. The van der Waals surface area contributed by atoms with Gasteiger partial charge in [0.05, 0.1) is 18.8 Å². The molecule has 2 heterocycles. The Morgan fingerprint density at radius 3 is 2.77 bits per heavy atom. The maximum atomic E-state index is 6.21. The molecule has 0 amide bonds. The molecule has 0 spiro atoms. The number of ether oxygens (including phenoxy) is 2. The van der Waals surface area contributed by atoms with Crippen LogP contribution in [0.2, 0.25) is 5.02 Å². The van der Waals surface area contributed by atoms with Crippen molar-refractivity contribution in [2.24, 2.45) is 12.1 Å². The zero-order valence-corrected chi connectivity index (χ0v) is 21.2. The Kier molecular flexibility index (Phi) is 6.52. The van der Waals surface area contributed by atoms with Crippen molar-refractivity contribution in [1.82, 2.24) is 19.7 Å². The van der Waals surface area contributed by atoms with Crippen molar-refractivity contribution in [3.63, 3.8) is 0 Å². The first-order valence-corrected chi connectivity index (χ1v) is 11.8. The second-order valence-electron chi connectivity index (χ2n) is 7.69. The molecule has 0 radical (unpaired) electrons. The van der Waals surface area contributed by atoms with Crippen molar-refractivity contribution >= 4 is 61.8 Å². The van der Waals surface area contributed by atoms with Crippen LogP contribution in [0.25, 0.3) is 22.1 Å². The lowest BCUT2D eigenvalue weighted by Crippen LogP contribution is -2.01. The van der Waals surface area contributed by atoms with Crippen LogP contribution >= 0.6 is 27.5 Å². The summed E-state index contributed by atoms with van der Waals surface area (Å²) in [5.41, 5.74) is 7.03. The highest BCUT2D eigenvalue weighted by Crippen LogP contribution is 2.30. The first kappa shape index (κ1) is 23.1. The summed E-state index contributed by atoms with van der Waals surface area (Å²) < 4.78 is 14.3. The maximum absolute atomic E-state index is 6.21. The van der Waals surface area contributed by atoms with Crippen LogP contribution in [0.4, 0.5) is 5.95 Å². The number of halogens is 2. The summed E-state index contributed by atoms with van der Waals surface area (Å²) >= 11 is 9.71. The van der Waals surface area contributed by atoms with Gasteiger partial charge >= 0.3 is 0 Å². The molecule has 5 rings (SSSR count). The summed E-state index contributed by atoms with van der Waals surface area (Å²) in [7, 11) is 3.54. The molecule has 0 unspecified atom stereocenters. The second kappa shape index (κ2) is 9.89. The van der Waals surface area contributed by atoms with Gasteiger partial charge in [-0.3, -0.25) is 0 Å². The van der Waals surface area contributed by atoms with Gasteiger partial charge in [0.15, 0.2) is 17.1 Å². The number of nitrogens with one attached hydrogen (secondary N) is 1.